The van der Waals surface area contributed by atoms with E-state index >= 15 is 0 Å². The second-order valence-electron chi connectivity index (χ2n) is 5.28. The van der Waals surface area contributed by atoms with E-state index in [0.717, 1.165) is 0 Å². The minimum Gasteiger partial charge on any atom is -0.343 e. The highest BCUT2D eigenvalue weighted by molar-refractivity contribution is 5.99. The van der Waals surface area contributed by atoms with Crippen LogP contribution < -0.4 is 5.32 Å². The van der Waals surface area contributed by atoms with Gasteiger partial charge in [0.05, 0.1) is 0 Å². The van der Waals surface area contributed by atoms with Gasteiger partial charge in [-0.1, -0.05) is 27.7 Å². The van der Waals surface area contributed by atoms with Gasteiger partial charge in [0, 0.05) is 6.54 Å². The van der Waals surface area contributed by atoms with E-state index in [1.807, 2.05) is 13.8 Å². The van der Waals surface area contributed by atoms with Crippen molar-refractivity contribution < 1.29 is 9.59 Å². The molecule has 1 unspecified atom stereocenters. The van der Waals surface area contributed by atoms with E-state index < -0.39 is 11.6 Å². The standard InChI is InChI=1S/C13H24N2O2/c1-6-13(7-2)12(17)14-10(5)11(16)15(13)8-9(3)4/h9-10H,6-8H2,1-5H3,(H,14,17). The first-order valence-electron chi connectivity index (χ1n) is 6.51. The highest BCUT2D eigenvalue weighted by Gasteiger charge is 2.48. The van der Waals surface area contributed by atoms with Crippen molar-refractivity contribution in [3.8, 4) is 0 Å². The van der Waals surface area contributed by atoms with E-state index in [4.69, 9.17) is 0 Å². The Bertz CT molecular complexity index is 309. The van der Waals surface area contributed by atoms with Crippen LogP contribution in [0.25, 0.3) is 0 Å². The topological polar surface area (TPSA) is 49.4 Å². The third-order valence-electron chi connectivity index (χ3n) is 3.64. The van der Waals surface area contributed by atoms with Gasteiger partial charge in [-0.05, 0) is 25.7 Å². The summed E-state index contributed by atoms with van der Waals surface area (Å²) in [6, 6.07) is -0.396. The maximum atomic E-state index is 12.3. The lowest BCUT2D eigenvalue weighted by Crippen LogP contribution is -2.70. The van der Waals surface area contributed by atoms with Gasteiger partial charge in [-0.2, -0.15) is 0 Å². The number of piperazine rings is 1. The van der Waals surface area contributed by atoms with Gasteiger partial charge in [0.25, 0.3) is 0 Å². The maximum absolute atomic E-state index is 12.3. The van der Waals surface area contributed by atoms with Crippen LogP contribution in [0.2, 0.25) is 0 Å². The highest BCUT2D eigenvalue weighted by Crippen LogP contribution is 2.29. The van der Waals surface area contributed by atoms with Crippen molar-refractivity contribution in [2.45, 2.75) is 59.0 Å². The fraction of sp³-hybridized carbons (Fsp3) is 0.846. The van der Waals surface area contributed by atoms with Gasteiger partial charge in [-0.15, -0.1) is 0 Å². The van der Waals surface area contributed by atoms with E-state index in [-0.39, 0.29) is 11.8 Å². The monoisotopic (exact) mass is 240 g/mol. The average Bonchev–Trinajstić information content (AvgIpc) is 2.26. The fourth-order valence-corrected chi connectivity index (χ4v) is 2.54. The molecule has 98 valence electrons. The molecule has 17 heavy (non-hydrogen) atoms. The fourth-order valence-electron chi connectivity index (χ4n) is 2.54. The molecule has 0 bridgehead atoms. The highest BCUT2D eigenvalue weighted by atomic mass is 16.2. The summed E-state index contributed by atoms with van der Waals surface area (Å²) >= 11 is 0. The first-order valence-corrected chi connectivity index (χ1v) is 6.51. The Hall–Kier alpha value is -1.06. The van der Waals surface area contributed by atoms with E-state index in [0.29, 0.717) is 25.3 Å². The Morgan fingerprint density at radius 3 is 2.24 bits per heavy atom. The molecule has 0 spiro atoms. The minimum atomic E-state index is -0.645. The smallest absolute Gasteiger partial charge is 0.246 e. The van der Waals surface area contributed by atoms with Gasteiger partial charge in [-0.25, -0.2) is 0 Å². The molecule has 0 saturated carbocycles. The molecule has 0 radical (unpaired) electrons. The predicted molar refractivity (Wildman–Crippen MR) is 67.5 cm³/mol. The summed E-state index contributed by atoms with van der Waals surface area (Å²) in [5.41, 5.74) is -0.645. The van der Waals surface area contributed by atoms with Crippen molar-refractivity contribution in [3.05, 3.63) is 0 Å². The van der Waals surface area contributed by atoms with Crippen LogP contribution in [0.5, 0.6) is 0 Å². The molecule has 1 saturated heterocycles. The lowest BCUT2D eigenvalue weighted by molar-refractivity contribution is -0.158. The Morgan fingerprint density at radius 1 is 1.29 bits per heavy atom. The molecule has 1 atom stereocenters. The molecule has 1 fully saturated rings. The number of hydrogen-bond acceptors (Lipinski definition) is 2. The van der Waals surface area contributed by atoms with Crippen molar-refractivity contribution in [2.24, 2.45) is 5.92 Å². The van der Waals surface area contributed by atoms with E-state index in [9.17, 15) is 9.59 Å². The quantitative estimate of drug-likeness (QED) is 0.810. The third kappa shape index (κ3) is 2.31. The van der Waals surface area contributed by atoms with Crippen molar-refractivity contribution in [3.63, 3.8) is 0 Å². The van der Waals surface area contributed by atoms with Gasteiger partial charge in [0.1, 0.15) is 11.6 Å². The second kappa shape index (κ2) is 5.07. The molecule has 0 aromatic rings. The largest absolute Gasteiger partial charge is 0.343 e. The van der Waals surface area contributed by atoms with E-state index in [2.05, 4.69) is 19.2 Å². The number of carbonyl (C=O) groups excluding carboxylic acids is 2. The molecule has 0 aromatic carbocycles. The lowest BCUT2D eigenvalue weighted by Gasteiger charge is -2.47. The van der Waals surface area contributed by atoms with Crippen molar-refractivity contribution in [1.82, 2.24) is 10.2 Å². The van der Waals surface area contributed by atoms with Crippen LogP contribution in [0, 0.1) is 5.92 Å². The zero-order valence-electron chi connectivity index (χ0n) is 11.5. The maximum Gasteiger partial charge on any atom is 0.246 e. The zero-order valence-corrected chi connectivity index (χ0v) is 11.5. The first-order chi connectivity index (χ1) is 7.89. The van der Waals surface area contributed by atoms with Crippen LogP contribution in [0.4, 0.5) is 0 Å². The summed E-state index contributed by atoms with van der Waals surface area (Å²) in [5, 5.41) is 2.79. The Labute approximate surface area is 104 Å². The molecule has 4 nitrogen and oxygen atoms in total. The minimum absolute atomic E-state index is 0.00440. The molecule has 1 rings (SSSR count). The molecule has 1 aliphatic heterocycles. The number of nitrogens with one attached hydrogen (secondary N) is 1. The summed E-state index contributed by atoms with van der Waals surface area (Å²) in [6.45, 7) is 10.5. The predicted octanol–water partition coefficient (Wildman–Crippen LogP) is 1.55. The summed E-state index contributed by atoms with van der Waals surface area (Å²) < 4.78 is 0. The molecule has 0 aromatic heterocycles. The van der Waals surface area contributed by atoms with E-state index in [1.54, 1.807) is 11.8 Å². The Balaban J connectivity index is 3.11. The molecule has 1 N–H and O–H groups in total. The number of rotatable bonds is 4. The van der Waals surface area contributed by atoms with Gasteiger partial charge in [-0.3, -0.25) is 9.59 Å². The second-order valence-corrected chi connectivity index (χ2v) is 5.28. The van der Waals surface area contributed by atoms with Crippen molar-refractivity contribution >= 4 is 11.8 Å². The van der Waals surface area contributed by atoms with Crippen molar-refractivity contribution in [2.75, 3.05) is 6.54 Å². The molecule has 0 aliphatic carbocycles. The van der Waals surface area contributed by atoms with Crippen LogP contribution in [0.15, 0.2) is 0 Å². The Kier molecular flexibility index (Phi) is 4.17. The van der Waals surface area contributed by atoms with Crippen LogP contribution in [-0.4, -0.2) is 34.8 Å². The summed E-state index contributed by atoms with van der Waals surface area (Å²) in [7, 11) is 0. The molecule has 1 heterocycles. The first kappa shape index (κ1) is 14.0. The number of hydrogen-bond donors (Lipinski definition) is 1. The summed E-state index contributed by atoms with van der Waals surface area (Å²) in [5.74, 6) is 0.409. The number of carbonyl (C=O) groups is 2. The number of nitrogens with zero attached hydrogens (tertiary/aromatic N) is 1. The number of amides is 2. The molecule has 2 amide bonds. The Morgan fingerprint density at radius 2 is 1.82 bits per heavy atom. The van der Waals surface area contributed by atoms with Crippen LogP contribution in [0.1, 0.15) is 47.5 Å². The van der Waals surface area contributed by atoms with Crippen molar-refractivity contribution in [1.29, 1.82) is 0 Å². The molecule has 1 aliphatic rings. The zero-order chi connectivity index (χ0) is 13.2. The van der Waals surface area contributed by atoms with Crippen LogP contribution in [-0.2, 0) is 9.59 Å². The molecular weight excluding hydrogens is 216 g/mol. The third-order valence-corrected chi connectivity index (χ3v) is 3.64. The SMILES string of the molecule is CCC1(CC)C(=O)NC(C)C(=O)N1CC(C)C. The van der Waals surface area contributed by atoms with Gasteiger partial charge < -0.3 is 10.2 Å². The van der Waals surface area contributed by atoms with Gasteiger partial charge >= 0.3 is 0 Å². The molecular formula is C13H24N2O2. The molecule has 4 heteroatoms. The van der Waals surface area contributed by atoms with Crippen LogP contribution in [0.3, 0.4) is 0 Å². The lowest BCUT2D eigenvalue weighted by atomic mass is 9.85. The van der Waals surface area contributed by atoms with Crippen LogP contribution >= 0.6 is 0 Å². The van der Waals surface area contributed by atoms with Gasteiger partial charge in [0.15, 0.2) is 0 Å². The average molecular weight is 240 g/mol. The van der Waals surface area contributed by atoms with E-state index in [1.165, 1.54) is 0 Å². The normalized spacial score (nSPS) is 24.1. The van der Waals surface area contributed by atoms with Gasteiger partial charge in [0.2, 0.25) is 11.8 Å². The summed E-state index contributed by atoms with van der Waals surface area (Å²) in [4.78, 5) is 26.3. The summed E-state index contributed by atoms with van der Waals surface area (Å²) in [6.07, 6.45) is 1.33.